The van der Waals surface area contributed by atoms with Crippen LogP contribution in [0.3, 0.4) is 0 Å². The Morgan fingerprint density at radius 1 is 1.30 bits per heavy atom. The van der Waals surface area contributed by atoms with Crippen LogP contribution in [0, 0.1) is 5.92 Å². The predicted molar refractivity (Wildman–Crippen MR) is 83.5 cm³/mol. The van der Waals surface area contributed by atoms with E-state index < -0.39 is 0 Å². The van der Waals surface area contributed by atoms with Gasteiger partial charge in [0.1, 0.15) is 0 Å². The highest BCUT2D eigenvalue weighted by Crippen LogP contribution is 2.30. The highest BCUT2D eigenvalue weighted by molar-refractivity contribution is 5.52. The van der Waals surface area contributed by atoms with Crippen molar-refractivity contribution in [1.29, 1.82) is 0 Å². The summed E-state index contributed by atoms with van der Waals surface area (Å²) in [6, 6.07) is 4.55. The quantitative estimate of drug-likeness (QED) is 0.898. The summed E-state index contributed by atoms with van der Waals surface area (Å²) in [5.74, 6) is 2.66. The van der Waals surface area contributed by atoms with Crippen molar-refractivity contribution >= 4 is 5.82 Å². The number of pyridine rings is 1. The molecule has 2 rings (SSSR count). The van der Waals surface area contributed by atoms with Crippen molar-refractivity contribution in [1.82, 2.24) is 10.3 Å². The summed E-state index contributed by atoms with van der Waals surface area (Å²) in [5.41, 5.74) is 0. The molecule has 1 saturated heterocycles. The van der Waals surface area contributed by atoms with Gasteiger partial charge < -0.3 is 15.0 Å². The molecule has 4 nitrogen and oxygen atoms in total. The van der Waals surface area contributed by atoms with Crippen LogP contribution in [0.2, 0.25) is 0 Å². The van der Waals surface area contributed by atoms with Crippen molar-refractivity contribution in [2.45, 2.75) is 45.8 Å². The first-order valence-electron chi connectivity index (χ1n) is 7.65. The topological polar surface area (TPSA) is 37.4 Å². The van der Waals surface area contributed by atoms with Crippen LogP contribution in [-0.4, -0.2) is 37.3 Å². The number of piperidine rings is 1. The zero-order valence-corrected chi connectivity index (χ0v) is 13.1. The van der Waals surface area contributed by atoms with Crippen LogP contribution in [0.15, 0.2) is 18.3 Å². The molecule has 0 aliphatic carbocycles. The van der Waals surface area contributed by atoms with Crippen molar-refractivity contribution < 1.29 is 4.74 Å². The van der Waals surface area contributed by atoms with Gasteiger partial charge in [-0.3, -0.25) is 0 Å². The number of anilines is 1. The smallest absolute Gasteiger partial charge is 0.171 e. The van der Waals surface area contributed by atoms with Gasteiger partial charge in [0, 0.05) is 25.3 Å². The molecule has 112 valence electrons. The molecule has 0 amide bonds. The van der Waals surface area contributed by atoms with Crippen LogP contribution in [0.5, 0.6) is 5.75 Å². The lowest BCUT2D eigenvalue weighted by molar-refractivity contribution is 0.240. The molecule has 1 atom stereocenters. The summed E-state index contributed by atoms with van der Waals surface area (Å²) in [4.78, 5) is 6.89. The molecule has 0 spiro atoms. The van der Waals surface area contributed by atoms with Crippen molar-refractivity contribution in [2.75, 3.05) is 25.0 Å². The van der Waals surface area contributed by atoms with Crippen LogP contribution in [-0.2, 0) is 0 Å². The summed E-state index contributed by atoms with van der Waals surface area (Å²) in [7, 11) is 2.05. The van der Waals surface area contributed by atoms with Crippen LogP contribution < -0.4 is 15.0 Å². The van der Waals surface area contributed by atoms with E-state index in [1.54, 1.807) is 0 Å². The van der Waals surface area contributed by atoms with E-state index in [0.717, 1.165) is 30.6 Å². The average molecular weight is 277 g/mol. The van der Waals surface area contributed by atoms with Gasteiger partial charge in [-0.1, -0.05) is 0 Å². The Labute approximate surface area is 122 Å². The lowest BCUT2D eigenvalue weighted by atomic mass is 9.90. The molecule has 1 aromatic rings. The largest absolute Gasteiger partial charge is 0.487 e. The number of nitrogens with one attached hydrogen (secondary N) is 1. The Balaban J connectivity index is 2.03. The third-order valence-corrected chi connectivity index (χ3v) is 4.12. The minimum Gasteiger partial charge on any atom is -0.487 e. The maximum Gasteiger partial charge on any atom is 0.171 e. The Morgan fingerprint density at radius 3 is 2.60 bits per heavy atom. The lowest BCUT2D eigenvalue weighted by Crippen LogP contribution is -2.41. The standard InChI is InChI=1S/C16H27N3O/c1-12(2)20-15-6-5-9-18-16(15)19-10-7-14(8-11-19)13(3)17-4/h5-6,9,12-14,17H,7-8,10-11H2,1-4H3. The van der Waals surface area contributed by atoms with E-state index in [9.17, 15) is 0 Å². The number of aromatic nitrogens is 1. The van der Waals surface area contributed by atoms with Crippen molar-refractivity contribution in [3.8, 4) is 5.75 Å². The van der Waals surface area contributed by atoms with Crippen LogP contribution in [0.1, 0.15) is 33.6 Å². The summed E-state index contributed by atoms with van der Waals surface area (Å²) in [6.45, 7) is 8.49. The summed E-state index contributed by atoms with van der Waals surface area (Å²) < 4.78 is 5.88. The molecule has 1 N–H and O–H groups in total. The fourth-order valence-electron chi connectivity index (χ4n) is 2.81. The molecule has 0 aromatic carbocycles. The Bertz CT molecular complexity index is 414. The first-order valence-corrected chi connectivity index (χ1v) is 7.65. The van der Waals surface area contributed by atoms with Crippen LogP contribution >= 0.6 is 0 Å². The molecule has 1 unspecified atom stereocenters. The van der Waals surface area contributed by atoms with Crippen molar-refractivity contribution in [2.24, 2.45) is 5.92 Å². The van der Waals surface area contributed by atoms with E-state index in [0.29, 0.717) is 6.04 Å². The Morgan fingerprint density at radius 2 is 2.00 bits per heavy atom. The summed E-state index contributed by atoms with van der Waals surface area (Å²) in [5, 5.41) is 3.37. The lowest BCUT2D eigenvalue weighted by Gasteiger charge is -2.36. The Hall–Kier alpha value is -1.29. The molecule has 20 heavy (non-hydrogen) atoms. The Kier molecular flexibility index (Phi) is 5.24. The molecule has 0 bridgehead atoms. The van der Waals surface area contributed by atoms with Crippen LogP contribution in [0.25, 0.3) is 0 Å². The fraction of sp³-hybridized carbons (Fsp3) is 0.688. The number of ether oxygens (including phenoxy) is 1. The number of rotatable bonds is 5. The fourth-order valence-corrected chi connectivity index (χ4v) is 2.81. The SMILES string of the molecule is CNC(C)C1CCN(c2ncccc2OC(C)C)CC1. The third-order valence-electron chi connectivity index (χ3n) is 4.12. The molecule has 1 aliphatic rings. The van der Waals surface area contributed by atoms with E-state index >= 15 is 0 Å². The zero-order chi connectivity index (χ0) is 14.5. The average Bonchev–Trinajstić information content (AvgIpc) is 2.46. The normalized spacial score (nSPS) is 18.4. The van der Waals surface area contributed by atoms with Gasteiger partial charge in [-0.25, -0.2) is 4.98 Å². The highest BCUT2D eigenvalue weighted by Gasteiger charge is 2.25. The second-order valence-electron chi connectivity index (χ2n) is 5.89. The van der Waals surface area contributed by atoms with E-state index in [1.165, 1.54) is 12.8 Å². The van der Waals surface area contributed by atoms with Gasteiger partial charge in [-0.05, 0) is 58.7 Å². The van der Waals surface area contributed by atoms with Gasteiger partial charge in [0.25, 0.3) is 0 Å². The van der Waals surface area contributed by atoms with E-state index in [2.05, 4.69) is 36.0 Å². The second kappa shape index (κ2) is 6.93. The van der Waals surface area contributed by atoms with Gasteiger partial charge in [0.2, 0.25) is 0 Å². The van der Waals surface area contributed by atoms with Gasteiger partial charge in [0.05, 0.1) is 6.10 Å². The van der Waals surface area contributed by atoms with Gasteiger partial charge >= 0.3 is 0 Å². The summed E-state index contributed by atoms with van der Waals surface area (Å²) in [6.07, 6.45) is 4.45. The second-order valence-corrected chi connectivity index (χ2v) is 5.89. The number of nitrogens with zero attached hydrogens (tertiary/aromatic N) is 2. The van der Waals surface area contributed by atoms with E-state index in [4.69, 9.17) is 4.74 Å². The predicted octanol–water partition coefficient (Wildman–Crippen LogP) is 2.69. The minimum absolute atomic E-state index is 0.180. The number of hydrogen-bond donors (Lipinski definition) is 1. The monoisotopic (exact) mass is 277 g/mol. The van der Waals surface area contributed by atoms with Crippen molar-refractivity contribution in [3.63, 3.8) is 0 Å². The van der Waals surface area contributed by atoms with Crippen LogP contribution in [0.4, 0.5) is 5.82 Å². The molecular formula is C16H27N3O. The molecular weight excluding hydrogens is 250 g/mol. The molecule has 0 radical (unpaired) electrons. The third kappa shape index (κ3) is 3.63. The maximum atomic E-state index is 5.88. The number of hydrogen-bond acceptors (Lipinski definition) is 4. The highest BCUT2D eigenvalue weighted by atomic mass is 16.5. The van der Waals surface area contributed by atoms with Gasteiger partial charge in [-0.15, -0.1) is 0 Å². The minimum atomic E-state index is 0.180. The van der Waals surface area contributed by atoms with E-state index in [1.807, 2.05) is 25.4 Å². The molecule has 2 heterocycles. The first-order chi connectivity index (χ1) is 9.61. The molecule has 0 saturated carbocycles. The van der Waals surface area contributed by atoms with Gasteiger partial charge in [-0.2, -0.15) is 0 Å². The summed E-state index contributed by atoms with van der Waals surface area (Å²) >= 11 is 0. The maximum absolute atomic E-state index is 5.88. The molecule has 1 aliphatic heterocycles. The first kappa shape index (κ1) is 15.1. The van der Waals surface area contributed by atoms with Gasteiger partial charge in [0.15, 0.2) is 11.6 Å². The molecule has 1 fully saturated rings. The zero-order valence-electron chi connectivity index (χ0n) is 13.1. The van der Waals surface area contributed by atoms with E-state index in [-0.39, 0.29) is 6.10 Å². The molecule has 4 heteroatoms. The van der Waals surface area contributed by atoms with Crippen molar-refractivity contribution in [3.05, 3.63) is 18.3 Å². The molecule has 1 aromatic heterocycles.